The summed E-state index contributed by atoms with van der Waals surface area (Å²) in [4.78, 5) is 4.34. The maximum atomic E-state index is 6.44. The standard InChI is InChI=1S/C17H13BrCl2N4/c18-11-3-1-10(2-4-11)15-8-16(24-17(23-15)21-9-22-24)13-6-5-12(19)7-14(13)20/h1-7,9,15-16H,8H2,(H,21,22,23). The molecule has 0 spiro atoms. The van der Waals surface area contributed by atoms with Crippen LogP contribution in [0.3, 0.4) is 0 Å². The monoisotopic (exact) mass is 422 g/mol. The van der Waals surface area contributed by atoms with Crippen molar-refractivity contribution in [2.75, 3.05) is 5.32 Å². The van der Waals surface area contributed by atoms with Gasteiger partial charge in [-0.2, -0.15) is 10.1 Å². The molecule has 24 heavy (non-hydrogen) atoms. The average molecular weight is 424 g/mol. The number of anilines is 1. The van der Waals surface area contributed by atoms with Crippen LogP contribution in [0, 0.1) is 0 Å². The van der Waals surface area contributed by atoms with Crippen LogP contribution < -0.4 is 5.32 Å². The Morgan fingerprint density at radius 3 is 2.67 bits per heavy atom. The van der Waals surface area contributed by atoms with Crippen molar-refractivity contribution < 1.29 is 0 Å². The number of fused-ring (bicyclic) bond motifs is 1. The fraction of sp³-hybridized carbons (Fsp3) is 0.176. The third kappa shape index (κ3) is 2.92. The van der Waals surface area contributed by atoms with Crippen molar-refractivity contribution in [1.29, 1.82) is 0 Å². The molecule has 1 aliphatic heterocycles. The second-order valence-electron chi connectivity index (χ2n) is 5.69. The van der Waals surface area contributed by atoms with Crippen LogP contribution in [0.2, 0.25) is 10.0 Å². The summed E-state index contributed by atoms with van der Waals surface area (Å²) in [6, 6.07) is 14.0. The van der Waals surface area contributed by atoms with Gasteiger partial charge in [0.2, 0.25) is 5.95 Å². The van der Waals surface area contributed by atoms with E-state index in [1.54, 1.807) is 12.4 Å². The average Bonchev–Trinajstić information content (AvgIpc) is 3.03. The van der Waals surface area contributed by atoms with Gasteiger partial charge in [0, 0.05) is 14.5 Å². The number of rotatable bonds is 2. The molecule has 3 aromatic rings. The summed E-state index contributed by atoms with van der Waals surface area (Å²) in [6.07, 6.45) is 2.38. The fourth-order valence-corrected chi connectivity index (χ4v) is 3.86. The lowest BCUT2D eigenvalue weighted by molar-refractivity contribution is 0.431. The van der Waals surface area contributed by atoms with Gasteiger partial charge >= 0.3 is 0 Å². The lowest BCUT2D eigenvalue weighted by Gasteiger charge is -2.32. The third-order valence-corrected chi connectivity index (χ3v) is 5.32. The van der Waals surface area contributed by atoms with Crippen LogP contribution in [0.25, 0.3) is 0 Å². The number of benzene rings is 2. The van der Waals surface area contributed by atoms with Crippen molar-refractivity contribution in [3.05, 3.63) is 74.4 Å². The normalized spacial score (nSPS) is 19.6. The van der Waals surface area contributed by atoms with Crippen molar-refractivity contribution >= 4 is 45.1 Å². The highest BCUT2D eigenvalue weighted by Gasteiger charge is 2.31. The number of halogens is 3. The lowest BCUT2D eigenvalue weighted by Crippen LogP contribution is -2.28. The lowest BCUT2D eigenvalue weighted by atomic mass is 9.93. The van der Waals surface area contributed by atoms with Crippen LogP contribution in [0.5, 0.6) is 0 Å². The zero-order chi connectivity index (χ0) is 16.7. The molecule has 0 bridgehead atoms. The zero-order valence-electron chi connectivity index (χ0n) is 12.5. The molecule has 0 fully saturated rings. The first-order valence-electron chi connectivity index (χ1n) is 7.48. The third-order valence-electron chi connectivity index (χ3n) is 4.22. The van der Waals surface area contributed by atoms with E-state index < -0.39 is 0 Å². The summed E-state index contributed by atoms with van der Waals surface area (Å²) in [6.45, 7) is 0. The molecule has 0 saturated heterocycles. The number of nitrogens with one attached hydrogen (secondary N) is 1. The Hall–Kier alpha value is -1.56. The minimum Gasteiger partial charge on any atom is -0.348 e. The summed E-state index contributed by atoms with van der Waals surface area (Å²) >= 11 is 16.0. The van der Waals surface area contributed by atoms with Gasteiger partial charge < -0.3 is 5.32 Å². The molecule has 1 aromatic heterocycles. The maximum Gasteiger partial charge on any atom is 0.222 e. The highest BCUT2D eigenvalue weighted by Crippen LogP contribution is 2.40. The van der Waals surface area contributed by atoms with Gasteiger partial charge in [0.1, 0.15) is 6.33 Å². The minimum atomic E-state index is 0.00200. The van der Waals surface area contributed by atoms with Crippen molar-refractivity contribution in [1.82, 2.24) is 14.8 Å². The second-order valence-corrected chi connectivity index (χ2v) is 7.45. The van der Waals surface area contributed by atoms with Crippen molar-refractivity contribution in [2.24, 2.45) is 0 Å². The summed E-state index contributed by atoms with van der Waals surface area (Å²) < 4.78 is 2.94. The fourth-order valence-electron chi connectivity index (χ4n) is 3.06. The summed E-state index contributed by atoms with van der Waals surface area (Å²) in [7, 11) is 0. The molecule has 1 N–H and O–H groups in total. The van der Waals surface area contributed by atoms with E-state index >= 15 is 0 Å². The van der Waals surface area contributed by atoms with Gasteiger partial charge in [0.15, 0.2) is 0 Å². The second kappa shape index (κ2) is 6.39. The molecule has 4 nitrogen and oxygen atoms in total. The number of nitrogens with zero attached hydrogens (tertiary/aromatic N) is 3. The maximum absolute atomic E-state index is 6.44. The Bertz CT molecular complexity index is 879. The Morgan fingerprint density at radius 2 is 1.92 bits per heavy atom. The number of hydrogen-bond donors (Lipinski definition) is 1. The molecule has 7 heteroatoms. The topological polar surface area (TPSA) is 42.7 Å². The van der Waals surface area contributed by atoms with E-state index in [0.29, 0.717) is 10.0 Å². The molecule has 0 amide bonds. The summed E-state index contributed by atoms with van der Waals surface area (Å²) in [5.41, 5.74) is 2.19. The van der Waals surface area contributed by atoms with Gasteiger partial charge in [-0.1, -0.05) is 57.3 Å². The molecule has 2 atom stereocenters. The molecule has 0 saturated carbocycles. The first kappa shape index (κ1) is 15.9. The first-order valence-corrected chi connectivity index (χ1v) is 9.03. The molecular weight excluding hydrogens is 411 g/mol. The van der Waals surface area contributed by atoms with Crippen LogP contribution in [0.15, 0.2) is 53.3 Å². The Labute approximate surface area is 157 Å². The quantitative estimate of drug-likeness (QED) is 0.592. The summed E-state index contributed by atoms with van der Waals surface area (Å²) in [5.74, 6) is 0.741. The van der Waals surface area contributed by atoms with Crippen LogP contribution in [0.4, 0.5) is 5.95 Å². The Morgan fingerprint density at radius 1 is 1.12 bits per heavy atom. The molecule has 0 aliphatic carbocycles. The van der Waals surface area contributed by atoms with E-state index in [9.17, 15) is 0 Å². The van der Waals surface area contributed by atoms with E-state index in [1.165, 1.54) is 5.56 Å². The van der Waals surface area contributed by atoms with Gasteiger partial charge in [0.25, 0.3) is 0 Å². The van der Waals surface area contributed by atoms with Crippen molar-refractivity contribution in [3.63, 3.8) is 0 Å². The largest absolute Gasteiger partial charge is 0.348 e. The van der Waals surface area contributed by atoms with Gasteiger partial charge in [0.05, 0.1) is 12.1 Å². The highest BCUT2D eigenvalue weighted by atomic mass is 79.9. The molecule has 1 aliphatic rings. The predicted molar refractivity (Wildman–Crippen MR) is 99.7 cm³/mol. The van der Waals surface area contributed by atoms with Crippen molar-refractivity contribution in [2.45, 2.75) is 18.5 Å². The molecular formula is C17H13BrCl2N4. The van der Waals surface area contributed by atoms with Crippen LogP contribution >= 0.6 is 39.1 Å². The molecule has 2 aromatic carbocycles. The predicted octanol–water partition coefficient (Wildman–Crippen LogP) is 5.49. The highest BCUT2D eigenvalue weighted by molar-refractivity contribution is 9.10. The molecule has 0 radical (unpaired) electrons. The van der Waals surface area contributed by atoms with Crippen molar-refractivity contribution in [3.8, 4) is 0 Å². The van der Waals surface area contributed by atoms with E-state index in [2.05, 4.69) is 43.5 Å². The summed E-state index contributed by atoms with van der Waals surface area (Å²) in [5, 5.41) is 9.08. The molecule has 122 valence electrons. The van der Waals surface area contributed by atoms with Crippen LogP contribution in [-0.2, 0) is 0 Å². The van der Waals surface area contributed by atoms with E-state index in [0.717, 1.165) is 22.4 Å². The molecule has 4 rings (SSSR count). The SMILES string of the molecule is Clc1ccc(C2CC(c3ccc(Br)cc3)Nc3ncnn32)c(Cl)c1. The van der Waals surface area contributed by atoms with Crippen LogP contribution in [-0.4, -0.2) is 14.8 Å². The Balaban J connectivity index is 1.75. The Kier molecular flexibility index (Phi) is 4.24. The van der Waals surface area contributed by atoms with Gasteiger partial charge in [-0.3, -0.25) is 0 Å². The van der Waals surface area contributed by atoms with E-state index in [-0.39, 0.29) is 12.1 Å². The minimum absolute atomic E-state index is 0.00200. The number of aromatic nitrogens is 3. The number of hydrogen-bond acceptors (Lipinski definition) is 3. The van der Waals surface area contributed by atoms with Gasteiger partial charge in [-0.05, 0) is 41.8 Å². The van der Waals surface area contributed by atoms with Crippen LogP contribution in [0.1, 0.15) is 29.6 Å². The van der Waals surface area contributed by atoms with Gasteiger partial charge in [-0.25, -0.2) is 4.68 Å². The smallest absolute Gasteiger partial charge is 0.222 e. The molecule has 2 heterocycles. The zero-order valence-corrected chi connectivity index (χ0v) is 15.6. The van der Waals surface area contributed by atoms with E-state index in [1.807, 2.05) is 28.9 Å². The molecule has 2 unspecified atom stereocenters. The van der Waals surface area contributed by atoms with E-state index in [4.69, 9.17) is 23.2 Å². The van der Waals surface area contributed by atoms with Gasteiger partial charge in [-0.15, -0.1) is 0 Å². The first-order chi connectivity index (χ1) is 11.6.